The number of ether oxygens (including phenoxy) is 4. The fourth-order valence-electron chi connectivity index (χ4n) is 3.73. The van der Waals surface area contributed by atoms with E-state index in [1.165, 1.54) is 44.4 Å². The van der Waals surface area contributed by atoms with Gasteiger partial charge in [-0.3, -0.25) is 19.5 Å². The minimum absolute atomic E-state index is 0.0481. The van der Waals surface area contributed by atoms with Gasteiger partial charge in [-0.25, -0.2) is 0 Å². The largest absolute Gasteiger partial charge is 0.494 e. The monoisotopic (exact) mass is 599 g/mol. The van der Waals surface area contributed by atoms with Gasteiger partial charge in [-0.1, -0.05) is 23.1 Å². The number of aryl methyl sites for hydroxylation is 1. The number of benzene rings is 2. The minimum Gasteiger partial charge on any atom is -0.494 e. The zero-order valence-electron chi connectivity index (χ0n) is 23.1. The molecule has 0 bridgehead atoms. The summed E-state index contributed by atoms with van der Waals surface area (Å²) in [6, 6.07) is 10.5. The van der Waals surface area contributed by atoms with Crippen molar-refractivity contribution in [3.8, 4) is 28.7 Å². The highest BCUT2D eigenvalue weighted by molar-refractivity contribution is 7.99. The van der Waals surface area contributed by atoms with Crippen LogP contribution in [-0.2, 0) is 11.3 Å². The van der Waals surface area contributed by atoms with Gasteiger partial charge >= 0.3 is 0 Å². The molecular formula is C26H29N7O6S2. The van der Waals surface area contributed by atoms with Crippen LogP contribution < -0.4 is 29.6 Å². The van der Waals surface area contributed by atoms with Gasteiger partial charge in [0.2, 0.25) is 16.8 Å². The zero-order valence-corrected chi connectivity index (χ0v) is 24.7. The Hall–Kier alpha value is -4.37. The van der Waals surface area contributed by atoms with Crippen LogP contribution in [0.4, 0.5) is 5.13 Å². The molecule has 2 heterocycles. The highest BCUT2D eigenvalue weighted by Crippen LogP contribution is 2.38. The van der Waals surface area contributed by atoms with Crippen molar-refractivity contribution < 1.29 is 28.5 Å². The van der Waals surface area contributed by atoms with Crippen LogP contribution >= 0.6 is 23.1 Å². The van der Waals surface area contributed by atoms with Gasteiger partial charge in [-0.15, -0.1) is 20.4 Å². The third kappa shape index (κ3) is 7.24. The molecule has 0 atom stereocenters. The predicted octanol–water partition coefficient (Wildman–Crippen LogP) is 3.51. The average molecular weight is 600 g/mol. The lowest BCUT2D eigenvalue weighted by Gasteiger charge is -2.14. The normalized spacial score (nSPS) is 10.7. The number of thioether (sulfide) groups is 1. The third-order valence-corrected chi connectivity index (χ3v) is 7.23. The van der Waals surface area contributed by atoms with Crippen LogP contribution in [-0.4, -0.2) is 70.5 Å². The Morgan fingerprint density at radius 1 is 0.976 bits per heavy atom. The maximum absolute atomic E-state index is 13.1. The Labute approximate surface area is 244 Å². The summed E-state index contributed by atoms with van der Waals surface area (Å²) in [6.07, 6.45) is 0. The second-order valence-electron chi connectivity index (χ2n) is 8.22. The topological polar surface area (TPSA) is 152 Å². The molecule has 0 aliphatic carbocycles. The first-order chi connectivity index (χ1) is 19.9. The van der Waals surface area contributed by atoms with E-state index in [-0.39, 0.29) is 24.1 Å². The van der Waals surface area contributed by atoms with Crippen molar-refractivity contribution in [2.24, 2.45) is 0 Å². The smallest absolute Gasteiger partial charge is 0.251 e. The number of nitrogens with zero attached hydrogens (tertiary/aromatic N) is 5. The number of hydrogen-bond acceptors (Lipinski definition) is 12. The van der Waals surface area contributed by atoms with Gasteiger partial charge in [0.05, 0.1) is 40.2 Å². The fraction of sp³-hybridized carbons (Fsp3) is 0.308. The molecular weight excluding hydrogens is 570 g/mol. The first kappa shape index (κ1) is 29.6. The van der Waals surface area contributed by atoms with Crippen LogP contribution in [0.3, 0.4) is 0 Å². The Bertz CT molecular complexity index is 1480. The third-order valence-electron chi connectivity index (χ3n) is 5.55. The lowest BCUT2D eigenvalue weighted by Crippen LogP contribution is -2.25. The van der Waals surface area contributed by atoms with Gasteiger partial charge in [0.1, 0.15) is 10.8 Å². The molecule has 0 spiro atoms. The first-order valence-electron chi connectivity index (χ1n) is 12.3. The second-order valence-corrected chi connectivity index (χ2v) is 10.3. The van der Waals surface area contributed by atoms with E-state index in [2.05, 4.69) is 31.0 Å². The Balaban J connectivity index is 1.55. The molecule has 216 valence electrons. The maximum atomic E-state index is 13.1. The molecule has 0 fully saturated rings. The molecule has 0 saturated carbocycles. The Kier molecular flexibility index (Phi) is 9.97. The van der Waals surface area contributed by atoms with Crippen molar-refractivity contribution in [3.63, 3.8) is 0 Å². The average Bonchev–Trinajstić information content (AvgIpc) is 3.59. The summed E-state index contributed by atoms with van der Waals surface area (Å²) in [4.78, 5) is 25.6. The van der Waals surface area contributed by atoms with E-state index in [4.69, 9.17) is 18.9 Å². The van der Waals surface area contributed by atoms with Crippen LogP contribution in [0.2, 0.25) is 0 Å². The predicted molar refractivity (Wildman–Crippen MR) is 154 cm³/mol. The van der Waals surface area contributed by atoms with E-state index in [9.17, 15) is 9.59 Å². The molecule has 15 heteroatoms. The highest BCUT2D eigenvalue weighted by Gasteiger charge is 2.20. The molecule has 41 heavy (non-hydrogen) atoms. The van der Waals surface area contributed by atoms with Crippen molar-refractivity contribution in [2.45, 2.75) is 25.5 Å². The van der Waals surface area contributed by atoms with Crippen molar-refractivity contribution in [2.75, 3.05) is 39.0 Å². The minimum atomic E-state index is -0.383. The van der Waals surface area contributed by atoms with Crippen molar-refractivity contribution in [3.05, 3.63) is 52.8 Å². The molecule has 0 aliphatic heterocycles. The first-order valence-corrected chi connectivity index (χ1v) is 14.2. The molecule has 2 amide bonds. The van der Waals surface area contributed by atoms with Gasteiger partial charge in [0, 0.05) is 11.3 Å². The Morgan fingerprint density at radius 3 is 2.27 bits per heavy atom. The summed E-state index contributed by atoms with van der Waals surface area (Å²) in [7, 11) is 4.45. The zero-order chi connectivity index (χ0) is 29.4. The highest BCUT2D eigenvalue weighted by atomic mass is 32.2. The molecule has 0 saturated heterocycles. The number of rotatable bonds is 13. The molecule has 2 aromatic heterocycles. The molecule has 0 unspecified atom stereocenters. The van der Waals surface area contributed by atoms with Gasteiger partial charge < -0.3 is 24.3 Å². The van der Waals surface area contributed by atoms with Crippen LogP contribution in [0, 0.1) is 6.92 Å². The van der Waals surface area contributed by atoms with Crippen LogP contribution in [0.15, 0.2) is 41.6 Å². The van der Waals surface area contributed by atoms with Crippen LogP contribution in [0.1, 0.15) is 28.1 Å². The van der Waals surface area contributed by atoms with Gasteiger partial charge in [-0.05, 0) is 50.2 Å². The van der Waals surface area contributed by atoms with Crippen LogP contribution in [0.25, 0.3) is 5.69 Å². The fourth-order valence-corrected chi connectivity index (χ4v) is 5.11. The Morgan fingerprint density at radius 2 is 1.68 bits per heavy atom. The summed E-state index contributed by atoms with van der Waals surface area (Å²) in [5.41, 5.74) is 1.04. The molecule has 0 radical (unpaired) electrons. The summed E-state index contributed by atoms with van der Waals surface area (Å²) < 4.78 is 23.4. The van der Waals surface area contributed by atoms with Gasteiger partial charge in [0.25, 0.3) is 5.91 Å². The van der Waals surface area contributed by atoms with E-state index in [1.54, 1.807) is 16.7 Å². The SMILES string of the molecule is CCOc1ccc(-n2c(CNC(=O)c3cc(OC)c(OC)c(OC)c3)nnc2SCC(=O)Nc2nnc(C)s2)cc1. The van der Waals surface area contributed by atoms with E-state index in [0.29, 0.717) is 51.3 Å². The molecule has 4 rings (SSSR count). The number of methoxy groups -OCH3 is 3. The lowest BCUT2D eigenvalue weighted by molar-refractivity contribution is -0.113. The number of carbonyl (C=O) groups excluding carboxylic acids is 2. The number of anilines is 1. The summed E-state index contributed by atoms with van der Waals surface area (Å²) in [6.45, 7) is 4.30. The maximum Gasteiger partial charge on any atom is 0.251 e. The summed E-state index contributed by atoms with van der Waals surface area (Å²) in [5, 5.41) is 23.7. The van der Waals surface area contributed by atoms with E-state index in [1.807, 2.05) is 38.1 Å². The number of nitrogens with one attached hydrogen (secondary N) is 2. The molecule has 13 nitrogen and oxygen atoms in total. The standard InChI is InChI=1S/C26H29N7O6S2/c1-6-39-18-9-7-17(8-10-18)33-21(30-32-26(33)40-14-22(34)28-25-31-29-15(2)41-25)13-27-24(35)16-11-19(36-3)23(38-5)20(12-16)37-4/h7-12H,6,13-14H2,1-5H3,(H,27,35)(H,28,31,34). The molecule has 4 aromatic rings. The van der Waals surface area contributed by atoms with E-state index >= 15 is 0 Å². The summed E-state index contributed by atoms with van der Waals surface area (Å²) in [5.74, 6) is 1.68. The molecule has 2 aromatic carbocycles. The van der Waals surface area contributed by atoms with Gasteiger partial charge in [-0.2, -0.15) is 0 Å². The lowest BCUT2D eigenvalue weighted by atomic mass is 10.1. The van der Waals surface area contributed by atoms with Crippen LogP contribution in [0.5, 0.6) is 23.0 Å². The number of amides is 2. The second kappa shape index (κ2) is 13.8. The summed E-state index contributed by atoms with van der Waals surface area (Å²) >= 11 is 2.49. The molecule has 0 aliphatic rings. The molecule has 2 N–H and O–H groups in total. The van der Waals surface area contributed by atoms with Crippen molar-refractivity contribution in [1.82, 2.24) is 30.3 Å². The van der Waals surface area contributed by atoms with E-state index < -0.39 is 0 Å². The van der Waals surface area contributed by atoms with E-state index in [0.717, 1.165) is 10.7 Å². The number of hydrogen-bond donors (Lipinski definition) is 2. The number of aromatic nitrogens is 5. The quantitative estimate of drug-likeness (QED) is 0.217. The van der Waals surface area contributed by atoms with Gasteiger partial charge in [0.15, 0.2) is 22.5 Å². The van der Waals surface area contributed by atoms with Crippen molar-refractivity contribution in [1.29, 1.82) is 0 Å². The number of carbonyl (C=O) groups is 2. The van der Waals surface area contributed by atoms with Crippen molar-refractivity contribution >= 4 is 40.0 Å².